The summed E-state index contributed by atoms with van der Waals surface area (Å²) in [5.41, 5.74) is 0. The number of allylic oxidation sites excluding steroid dienone is 15. The van der Waals surface area contributed by atoms with Crippen LogP contribution in [0.1, 0.15) is 136 Å². The highest BCUT2D eigenvalue weighted by atomic mass is 31.2. The first-order chi connectivity index (χ1) is 32.5. The molecular formula is C49H80O17P2. The van der Waals surface area contributed by atoms with Crippen molar-refractivity contribution in [2.45, 2.75) is 185 Å². The van der Waals surface area contributed by atoms with E-state index in [4.69, 9.17) is 18.5 Å². The van der Waals surface area contributed by atoms with Gasteiger partial charge in [-0.05, 0) is 83.5 Å². The monoisotopic (exact) mass is 1000 g/mol. The molecule has 0 spiro atoms. The number of hydrogen-bond acceptors (Lipinski definition) is 14. The molecule has 0 aromatic carbocycles. The second-order valence-electron chi connectivity index (χ2n) is 16.3. The molecule has 1 rings (SSSR count). The van der Waals surface area contributed by atoms with Crippen LogP contribution in [0.4, 0.5) is 0 Å². The van der Waals surface area contributed by atoms with Crippen LogP contribution in [0.3, 0.4) is 0 Å². The number of phosphoric ester groups is 2. The molecule has 0 heterocycles. The standard InChI is InChI=1S/C49H80O17P2/c1-3-5-7-9-11-13-15-17-18-19-20-22-24-26-28-30-32-36-43(52)64-41(39-63-68(60,61)66-49-46(55)44(53)45(54)48(47(49)56)65-67(57,58)59)38-62-42(51)37-33-35-40(50)34-31-29-27-25-23-21-16-14-12-10-8-6-4-2/h6,8,11-14,17-18,20-23,27,29,31,34,40-41,44-50,53-56H,3-5,7,9-10,15-16,19,24-26,28,30,32-33,35-39H2,1-2H3,(H,60,61)(H2,57,58,59)/b8-6-,13-11-,14-12-,18-17-,22-20-,23-21-,29-27-,34-31+/t40?,41-,44?,45?,46?,47?,48-,49+/m1/s1. The van der Waals surface area contributed by atoms with Crippen molar-refractivity contribution >= 4 is 27.6 Å². The fourth-order valence-corrected chi connectivity index (χ4v) is 8.07. The molecule has 0 aliphatic heterocycles. The fourth-order valence-electron chi connectivity index (χ4n) is 6.53. The molecular weight excluding hydrogens is 922 g/mol. The smallest absolute Gasteiger partial charge is 0.462 e. The van der Waals surface area contributed by atoms with Crippen LogP contribution in [0.15, 0.2) is 97.2 Å². The fraction of sp³-hybridized carbons (Fsp3) is 0.633. The van der Waals surface area contributed by atoms with Crippen LogP contribution in [0.25, 0.3) is 0 Å². The average molecular weight is 1000 g/mol. The van der Waals surface area contributed by atoms with Crippen LogP contribution in [-0.2, 0) is 41.8 Å². The van der Waals surface area contributed by atoms with Crippen molar-refractivity contribution in [1.82, 2.24) is 0 Å². The van der Waals surface area contributed by atoms with Gasteiger partial charge < -0.3 is 49.7 Å². The van der Waals surface area contributed by atoms with E-state index in [9.17, 15) is 58.9 Å². The zero-order chi connectivity index (χ0) is 50.5. The minimum Gasteiger partial charge on any atom is -0.462 e. The van der Waals surface area contributed by atoms with E-state index in [0.717, 1.165) is 64.2 Å². The Morgan fingerprint density at radius 3 is 1.65 bits per heavy atom. The minimum absolute atomic E-state index is 0.0284. The molecule has 0 bridgehead atoms. The molecule has 8 N–H and O–H groups in total. The van der Waals surface area contributed by atoms with Crippen molar-refractivity contribution in [3.8, 4) is 0 Å². The highest BCUT2D eigenvalue weighted by molar-refractivity contribution is 7.47. The summed E-state index contributed by atoms with van der Waals surface area (Å²) >= 11 is 0. The van der Waals surface area contributed by atoms with Crippen molar-refractivity contribution < 1.29 is 82.0 Å². The summed E-state index contributed by atoms with van der Waals surface area (Å²) in [5.74, 6) is -1.45. The van der Waals surface area contributed by atoms with Crippen molar-refractivity contribution in [2.24, 2.45) is 0 Å². The molecule has 1 saturated carbocycles. The number of carbonyl (C=O) groups is 2. The zero-order valence-corrected chi connectivity index (χ0v) is 41.6. The summed E-state index contributed by atoms with van der Waals surface area (Å²) in [5, 5.41) is 51.6. The van der Waals surface area contributed by atoms with Crippen LogP contribution in [-0.4, -0.2) is 114 Å². The molecule has 0 amide bonds. The number of carbonyl (C=O) groups excluding carboxylic acids is 2. The summed E-state index contributed by atoms with van der Waals surface area (Å²) in [4.78, 5) is 54.3. The Balaban J connectivity index is 2.70. The van der Waals surface area contributed by atoms with Gasteiger partial charge in [-0.2, -0.15) is 0 Å². The summed E-state index contributed by atoms with van der Waals surface area (Å²) in [6.45, 7) is 2.77. The molecule has 1 aliphatic rings. The molecule has 9 atom stereocenters. The number of hydrogen-bond donors (Lipinski definition) is 8. The molecule has 0 radical (unpaired) electrons. The zero-order valence-electron chi connectivity index (χ0n) is 39.9. The first-order valence-electron chi connectivity index (χ1n) is 23.9. The van der Waals surface area contributed by atoms with Gasteiger partial charge in [-0.25, -0.2) is 9.13 Å². The van der Waals surface area contributed by atoms with Gasteiger partial charge in [0.15, 0.2) is 6.10 Å². The van der Waals surface area contributed by atoms with E-state index >= 15 is 0 Å². The van der Waals surface area contributed by atoms with Gasteiger partial charge >= 0.3 is 27.6 Å². The predicted octanol–water partition coefficient (Wildman–Crippen LogP) is 8.14. The van der Waals surface area contributed by atoms with Gasteiger partial charge in [0.05, 0.1) is 12.7 Å². The largest absolute Gasteiger partial charge is 0.472 e. The van der Waals surface area contributed by atoms with Gasteiger partial charge in [-0.15, -0.1) is 0 Å². The van der Waals surface area contributed by atoms with Crippen LogP contribution < -0.4 is 0 Å². The van der Waals surface area contributed by atoms with Crippen molar-refractivity contribution in [1.29, 1.82) is 0 Å². The van der Waals surface area contributed by atoms with Gasteiger partial charge in [0.1, 0.15) is 43.2 Å². The van der Waals surface area contributed by atoms with E-state index in [1.165, 1.54) is 19.3 Å². The average Bonchev–Trinajstić information content (AvgIpc) is 3.29. The summed E-state index contributed by atoms with van der Waals surface area (Å²) in [7, 11) is -10.8. The maximum Gasteiger partial charge on any atom is 0.472 e. The van der Waals surface area contributed by atoms with Gasteiger partial charge in [0, 0.05) is 12.8 Å². The quantitative estimate of drug-likeness (QED) is 0.00953. The number of unbranched alkanes of at least 4 members (excludes halogenated alkanes) is 7. The van der Waals surface area contributed by atoms with E-state index in [2.05, 4.69) is 85.2 Å². The first kappa shape index (κ1) is 62.9. The molecule has 6 unspecified atom stereocenters. The van der Waals surface area contributed by atoms with Gasteiger partial charge in [-0.3, -0.25) is 23.2 Å². The Bertz CT molecular complexity index is 1700. The number of aliphatic hydroxyl groups excluding tert-OH is 5. The lowest BCUT2D eigenvalue weighted by Gasteiger charge is -2.43. The summed E-state index contributed by atoms with van der Waals surface area (Å²) in [6.07, 6.45) is 30.9. The maximum atomic E-state index is 13.0. The lowest BCUT2D eigenvalue weighted by Crippen LogP contribution is -2.64. The molecule has 1 aliphatic carbocycles. The lowest BCUT2D eigenvalue weighted by atomic mass is 9.85. The molecule has 1 fully saturated rings. The second-order valence-corrected chi connectivity index (χ2v) is 18.9. The number of esters is 2. The number of rotatable bonds is 38. The Labute approximate surface area is 403 Å². The first-order valence-corrected chi connectivity index (χ1v) is 26.9. The van der Waals surface area contributed by atoms with E-state index < -0.39 is 89.6 Å². The second kappa shape index (κ2) is 38.6. The number of phosphoric acid groups is 2. The van der Waals surface area contributed by atoms with E-state index in [-0.39, 0.29) is 25.7 Å². The number of ether oxygens (including phenoxy) is 2. The van der Waals surface area contributed by atoms with Gasteiger partial charge in [0.2, 0.25) is 0 Å². The van der Waals surface area contributed by atoms with Crippen LogP contribution in [0, 0.1) is 0 Å². The third-order valence-electron chi connectivity index (χ3n) is 10.2. The van der Waals surface area contributed by atoms with Crippen molar-refractivity contribution in [3.63, 3.8) is 0 Å². The third kappa shape index (κ3) is 32.6. The topological polar surface area (TPSA) is 276 Å². The van der Waals surface area contributed by atoms with Gasteiger partial charge in [-0.1, -0.05) is 137 Å². The highest BCUT2D eigenvalue weighted by Crippen LogP contribution is 2.49. The summed E-state index contributed by atoms with van der Waals surface area (Å²) < 4.78 is 49.2. The van der Waals surface area contributed by atoms with Gasteiger partial charge in [0.25, 0.3) is 0 Å². The molecule has 68 heavy (non-hydrogen) atoms. The highest BCUT2D eigenvalue weighted by Gasteiger charge is 2.54. The lowest BCUT2D eigenvalue weighted by molar-refractivity contribution is -0.216. The minimum atomic E-state index is -5.39. The van der Waals surface area contributed by atoms with E-state index in [0.29, 0.717) is 12.8 Å². The normalized spacial score (nSPS) is 22.6. The molecule has 0 aromatic heterocycles. The number of aliphatic hydroxyl groups is 5. The van der Waals surface area contributed by atoms with Crippen LogP contribution in [0.2, 0.25) is 0 Å². The molecule has 19 heteroatoms. The Morgan fingerprint density at radius 1 is 0.559 bits per heavy atom. The van der Waals surface area contributed by atoms with E-state index in [1.54, 1.807) is 12.2 Å². The van der Waals surface area contributed by atoms with Crippen molar-refractivity contribution in [2.75, 3.05) is 13.2 Å². The predicted molar refractivity (Wildman–Crippen MR) is 261 cm³/mol. The Morgan fingerprint density at radius 2 is 1.07 bits per heavy atom. The third-order valence-corrected chi connectivity index (χ3v) is 11.7. The van der Waals surface area contributed by atoms with E-state index in [1.807, 2.05) is 18.2 Å². The van der Waals surface area contributed by atoms with Crippen LogP contribution in [0.5, 0.6) is 0 Å². The Hall–Kier alpha value is -3.12. The summed E-state index contributed by atoms with van der Waals surface area (Å²) in [6, 6.07) is 0. The van der Waals surface area contributed by atoms with Crippen LogP contribution >= 0.6 is 15.6 Å². The molecule has 0 saturated heterocycles. The SMILES string of the molecule is CC/C=C\C/C=C\C/C=C\C/C=C\C=C\C(O)CCCC(=O)OC[C@H](COP(=O)(O)O[C@H]1C(O)C(O)C(O)[C@@H](OP(=O)(O)O)C1O)OC(=O)CCCCCC/C=C\C/C=C\C/C=C\CCCCC. The Kier molecular flexibility index (Phi) is 35.7. The maximum absolute atomic E-state index is 13.0. The molecule has 17 nitrogen and oxygen atoms in total. The molecule has 388 valence electrons. The van der Waals surface area contributed by atoms with Crippen molar-refractivity contribution in [3.05, 3.63) is 97.2 Å². The molecule has 0 aromatic rings.